The molecule has 1 aromatic rings. The summed E-state index contributed by atoms with van der Waals surface area (Å²) in [5.74, 6) is -0.407. The monoisotopic (exact) mass is 194 g/mol. The normalized spacial score (nSPS) is 9.31. The summed E-state index contributed by atoms with van der Waals surface area (Å²) < 4.78 is 4.84. The summed E-state index contributed by atoms with van der Waals surface area (Å²) in [5, 5.41) is 0. The fourth-order valence-corrected chi connectivity index (χ4v) is 0.955. The van der Waals surface area contributed by atoms with Crippen LogP contribution in [-0.2, 0) is 16.1 Å². The number of benzene rings is 1. The molecule has 0 atom stereocenters. The molecule has 13 heavy (non-hydrogen) atoms. The third-order valence-electron chi connectivity index (χ3n) is 1.48. The summed E-state index contributed by atoms with van der Waals surface area (Å²) in [6.07, 6.45) is 1.15. The molecule has 1 aromatic carbocycles. The fourth-order valence-electron chi connectivity index (χ4n) is 0.806. The van der Waals surface area contributed by atoms with Gasteiger partial charge in [-0.1, -0.05) is 18.7 Å². The SMILES string of the molecule is C=CC(=O)OCc1ccc(S)cc1. The van der Waals surface area contributed by atoms with E-state index in [1.54, 1.807) is 0 Å². The molecule has 0 saturated carbocycles. The molecule has 0 aromatic heterocycles. The minimum absolute atomic E-state index is 0.277. The van der Waals surface area contributed by atoms with Crippen molar-refractivity contribution >= 4 is 18.6 Å². The lowest BCUT2D eigenvalue weighted by Crippen LogP contribution is -1.99. The van der Waals surface area contributed by atoms with E-state index < -0.39 is 5.97 Å². The van der Waals surface area contributed by atoms with Crippen LogP contribution >= 0.6 is 12.6 Å². The second kappa shape index (κ2) is 4.72. The van der Waals surface area contributed by atoms with Crippen LogP contribution < -0.4 is 0 Å². The van der Waals surface area contributed by atoms with E-state index in [4.69, 9.17) is 4.74 Å². The Bertz CT molecular complexity index is 303. The van der Waals surface area contributed by atoms with Crippen LogP contribution in [-0.4, -0.2) is 5.97 Å². The molecule has 0 aliphatic carbocycles. The van der Waals surface area contributed by atoms with Gasteiger partial charge in [0.05, 0.1) is 0 Å². The average molecular weight is 194 g/mol. The van der Waals surface area contributed by atoms with Gasteiger partial charge in [0, 0.05) is 11.0 Å². The maximum Gasteiger partial charge on any atom is 0.330 e. The first kappa shape index (κ1) is 9.86. The van der Waals surface area contributed by atoms with Crippen LogP contribution in [0.15, 0.2) is 41.8 Å². The Morgan fingerprint density at radius 1 is 1.46 bits per heavy atom. The van der Waals surface area contributed by atoms with Gasteiger partial charge < -0.3 is 4.74 Å². The van der Waals surface area contributed by atoms with Crippen LogP contribution in [0, 0.1) is 0 Å². The van der Waals surface area contributed by atoms with Gasteiger partial charge in [-0.25, -0.2) is 4.79 Å². The van der Waals surface area contributed by atoms with Gasteiger partial charge in [0.15, 0.2) is 0 Å². The molecule has 0 bridgehead atoms. The maximum absolute atomic E-state index is 10.7. The number of rotatable bonds is 3. The van der Waals surface area contributed by atoms with E-state index in [0.29, 0.717) is 0 Å². The fraction of sp³-hybridized carbons (Fsp3) is 0.100. The Hall–Kier alpha value is -1.22. The van der Waals surface area contributed by atoms with Crippen molar-refractivity contribution in [2.24, 2.45) is 0 Å². The summed E-state index contributed by atoms with van der Waals surface area (Å²) in [6.45, 7) is 3.58. The van der Waals surface area contributed by atoms with E-state index in [1.807, 2.05) is 24.3 Å². The van der Waals surface area contributed by atoms with Gasteiger partial charge in [-0.2, -0.15) is 0 Å². The molecule has 0 radical (unpaired) electrons. The van der Waals surface area contributed by atoms with Crippen LogP contribution in [0.2, 0.25) is 0 Å². The Morgan fingerprint density at radius 2 is 2.08 bits per heavy atom. The van der Waals surface area contributed by atoms with Crippen molar-refractivity contribution in [3.8, 4) is 0 Å². The molecule has 0 spiro atoms. The van der Waals surface area contributed by atoms with Crippen molar-refractivity contribution in [1.29, 1.82) is 0 Å². The van der Waals surface area contributed by atoms with E-state index in [-0.39, 0.29) is 6.61 Å². The second-order valence-electron chi connectivity index (χ2n) is 2.48. The van der Waals surface area contributed by atoms with Gasteiger partial charge in [0.25, 0.3) is 0 Å². The van der Waals surface area contributed by atoms with Gasteiger partial charge in [-0.3, -0.25) is 0 Å². The Morgan fingerprint density at radius 3 is 2.62 bits per heavy atom. The van der Waals surface area contributed by atoms with Crippen molar-refractivity contribution < 1.29 is 9.53 Å². The molecule has 0 aliphatic rings. The molecule has 68 valence electrons. The molecule has 1 rings (SSSR count). The Balaban J connectivity index is 2.50. The number of carbonyl (C=O) groups is 1. The summed E-state index contributed by atoms with van der Waals surface area (Å²) in [6, 6.07) is 7.41. The first-order chi connectivity index (χ1) is 6.22. The molecule has 0 amide bonds. The van der Waals surface area contributed by atoms with Gasteiger partial charge in [0.2, 0.25) is 0 Å². The standard InChI is InChI=1S/C10H10O2S/c1-2-10(11)12-7-8-3-5-9(13)6-4-8/h2-6,13H,1,7H2. The van der Waals surface area contributed by atoms with Crippen molar-refractivity contribution in [1.82, 2.24) is 0 Å². The number of hydrogen-bond acceptors (Lipinski definition) is 3. The van der Waals surface area contributed by atoms with Crippen molar-refractivity contribution in [3.05, 3.63) is 42.5 Å². The van der Waals surface area contributed by atoms with Crippen molar-refractivity contribution in [2.75, 3.05) is 0 Å². The highest BCUT2D eigenvalue weighted by atomic mass is 32.1. The smallest absolute Gasteiger partial charge is 0.330 e. The highest BCUT2D eigenvalue weighted by Crippen LogP contribution is 2.08. The number of hydrogen-bond donors (Lipinski definition) is 1. The topological polar surface area (TPSA) is 26.3 Å². The molecule has 0 aliphatic heterocycles. The quantitative estimate of drug-likeness (QED) is 0.453. The zero-order chi connectivity index (χ0) is 9.68. The predicted octanol–water partition coefficient (Wildman–Crippen LogP) is 2.20. The first-order valence-corrected chi connectivity index (χ1v) is 4.24. The Kier molecular flexibility index (Phi) is 3.58. The zero-order valence-electron chi connectivity index (χ0n) is 7.06. The third kappa shape index (κ3) is 3.34. The molecule has 0 heterocycles. The molecular formula is C10H10O2S. The zero-order valence-corrected chi connectivity index (χ0v) is 7.96. The van der Waals surface area contributed by atoms with E-state index >= 15 is 0 Å². The summed E-state index contributed by atoms with van der Waals surface area (Å²) in [4.78, 5) is 11.6. The minimum Gasteiger partial charge on any atom is -0.458 e. The molecule has 0 N–H and O–H groups in total. The number of ether oxygens (including phenoxy) is 1. The molecule has 0 unspecified atom stereocenters. The van der Waals surface area contributed by atoms with Crippen LogP contribution in [0.1, 0.15) is 5.56 Å². The minimum atomic E-state index is -0.407. The lowest BCUT2D eigenvalue weighted by Gasteiger charge is -2.01. The summed E-state index contributed by atoms with van der Waals surface area (Å²) >= 11 is 4.13. The van der Waals surface area contributed by atoms with Crippen molar-refractivity contribution in [3.63, 3.8) is 0 Å². The average Bonchev–Trinajstić information content (AvgIpc) is 2.16. The van der Waals surface area contributed by atoms with E-state index in [0.717, 1.165) is 16.5 Å². The lowest BCUT2D eigenvalue weighted by atomic mass is 10.2. The number of carbonyl (C=O) groups excluding carboxylic acids is 1. The molecule has 2 nitrogen and oxygen atoms in total. The largest absolute Gasteiger partial charge is 0.458 e. The molecule has 3 heteroatoms. The number of thiol groups is 1. The van der Waals surface area contributed by atoms with Crippen LogP contribution in [0.5, 0.6) is 0 Å². The molecule has 0 saturated heterocycles. The highest BCUT2D eigenvalue weighted by molar-refractivity contribution is 7.80. The predicted molar refractivity (Wildman–Crippen MR) is 53.7 cm³/mol. The number of esters is 1. The lowest BCUT2D eigenvalue weighted by molar-refractivity contribution is -0.138. The third-order valence-corrected chi connectivity index (χ3v) is 1.78. The summed E-state index contributed by atoms with van der Waals surface area (Å²) in [5.41, 5.74) is 0.938. The van der Waals surface area contributed by atoms with Gasteiger partial charge in [-0.05, 0) is 17.7 Å². The summed E-state index contributed by atoms with van der Waals surface area (Å²) in [7, 11) is 0. The van der Waals surface area contributed by atoms with Crippen molar-refractivity contribution in [2.45, 2.75) is 11.5 Å². The van der Waals surface area contributed by atoms with E-state index in [2.05, 4.69) is 19.2 Å². The Labute approximate surface area is 82.6 Å². The van der Waals surface area contributed by atoms with Crippen LogP contribution in [0.25, 0.3) is 0 Å². The first-order valence-electron chi connectivity index (χ1n) is 3.79. The van der Waals surface area contributed by atoms with Crippen LogP contribution in [0.4, 0.5) is 0 Å². The van der Waals surface area contributed by atoms with Crippen LogP contribution in [0.3, 0.4) is 0 Å². The van der Waals surface area contributed by atoms with Gasteiger partial charge >= 0.3 is 5.97 Å². The van der Waals surface area contributed by atoms with E-state index in [1.165, 1.54) is 0 Å². The van der Waals surface area contributed by atoms with Gasteiger partial charge in [-0.15, -0.1) is 12.6 Å². The van der Waals surface area contributed by atoms with Gasteiger partial charge in [0.1, 0.15) is 6.61 Å². The van der Waals surface area contributed by atoms with E-state index in [9.17, 15) is 4.79 Å². The second-order valence-corrected chi connectivity index (χ2v) is 2.99. The maximum atomic E-state index is 10.7. The highest BCUT2D eigenvalue weighted by Gasteiger charge is 1.96. The molecular weight excluding hydrogens is 184 g/mol. The molecule has 0 fully saturated rings.